The van der Waals surface area contributed by atoms with Crippen LogP contribution in [0.2, 0.25) is 0 Å². The van der Waals surface area contributed by atoms with Crippen molar-refractivity contribution in [2.75, 3.05) is 0 Å². The maximum absolute atomic E-state index is 12.4. The van der Waals surface area contributed by atoms with E-state index in [-0.39, 0.29) is 18.0 Å². The first-order valence-electron chi connectivity index (χ1n) is 7.13. The molecule has 6 nitrogen and oxygen atoms in total. The van der Waals surface area contributed by atoms with Gasteiger partial charge in [-0.1, -0.05) is 6.07 Å². The van der Waals surface area contributed by atoms with E-state index in [1.54, 1.807) is 24.3 Å². The Hall–Kier alpha value is -3.06. The zero-order chi connectivity index (χ0) is 16.8. The normalized spacial score (nSPS) is 11.2. The van der Waals surface area contributed by atoms with Gasteiger partial charge in [0.15, 0.2) is 5.76 Å². The molecule has 122 valence electrons. The Balaban J connectivity index is 1.74. The second-order valence-corrected chi connectivity index (χ2v) is 5.75. The average Bonchev–Trinajstić information content (AvgIpc) is 3.34. The summed E-state index contributed by atoms with van der Waals surface area (Å²) in [7, 11) is 0. The molecule has 3 rings (SSSR count). The van der Waals surface area contributed by atoms with Gasteiger partial charge in [-0.25, -0.2) is 0 Å². The lowest BCUT2D eigenvalue weighted by Gasteiger charge is -2.09. The van der Waals surface area contributed by atoms with Crippen molar-refractivity contribution in [1.29, 1.82) is 0 Å². The second-order valence-electron chi connectivity index (χ2n) is 4.77. The molecule has 3 aromatic rings. The van der Waals surface area contributed by atoms with E-state index in [1.807, 2.05) is 17.5 Å². The predicted molar refractivity (Wildman–Crippen MR) is 89.0 cm³/mol. The van der Waals surface area contributed by atoms with Gasteiger partial charge in [-0.15, -0.1) is 11.3 Å². The molecule has 7 heteroatoms. The average molecular weight is 342 g/mol. The van der Waals surface area contributed by atoms with E-state index in [2.05, 4.69) is 10.6 Å². The molecule has 3 heterocycles. The number of hydrogen-bond acceptors (Lipinski definition) is 5. The maximum atomic E-state index is 12.4. The van der Waals surface area contributed by atoms with Crippen LogP contribution in [0.5, 0.6) is 0 Å². The number of furan rings is 2. The summed E-state index contributed by atoms with van der Waals surface area (Å²) in [5.74, 6) is -0.155. The molecule has 0 atom stereocenters. The molecule has 0 saturated heterocycles. The lowest BCUT2D eigenvalue weighted by Crippen LogP contribution is -2.34. The second kappa shape index (κ2) is 7.47. The molecule has 0 unspecified atom stereocenters. The summed E-state index contributed by atoms with van der Waals surface area (Å²) in [5, 5.41) is 7.17. The molecule has 0 bridgehead atoms. The Morgan fingerprint density at radius 1 is 1.08 bits per heavy atom. The molecule has 0 aliphatic carbocycles. The highest BCUT2D eigenvalue weighted by Crippen LogP contribution is 2.13. The Labute approximate surface area is 141 Å². The van der Waals surface area contributed by atoms with Crippen LogP contribution >= 0.6 is 11.3 Å². The standard InChI is InChI=1S/C17H14N2O4S/c20-16(18-11-12-4-1-7-22-12)14(10-13-5-3-9-24-13)19-17(21)15-6-2-8-23-15/h1-10H,11H2,(H,18,20)(H,19,21)/b14-10+. The third-order valence-corrected chi connectivity index (χ3v) is 3.89. The zero-order valence-corrected chi connectivity index (χ0v) is 13.3. The van der Waals surface area contributed by atoms with E-state index >= 15 is 0 Å². The van der Waals surface area contributed by atoms with Crippen LogP contribution < -0.4 is 10.6 Å². The number of thiophene rings is 1. The van der Waals surface area contributed by atoms with Gasteiger partial charge in [0.2, 0.25) is 0 Å². The van der Waals surface area contributed by atoms with Crippen molar-refractivity contribution < 1.29 is 18.4 Å². The van der Waals surface area contributed by atoms with Crippen LogP contribution in [0.25, 0.3) is 6.08 Å². The van der Waals surface area contributed by atoms with Gasteiger partial charge in [0.25, 0.3) is 11.8 Å². The number of carbonyl (C=O) groups is 2. The van der Waals surface area contributed by atoms with Crippen LogP contribution in [0, 0.1) is 0 Å². The van der Waals surface area contributed by atoms with Crippen LogP contribution in [0.1, 0.15) is 21.2 Å². The predicted octanol–water partition coefficient (Wildman–Crippen LogP) is 3.02. The van der Waals surface area contributed by atoms with Gasteiger partial charge >= 0.3 is 0 Å². The van der Waals surface area contributed by atoms with Crippen molar-refractivity contribution in [2.24, 2.45) is 0 Å². The molecule has 24 heavy (non-hydrogen) atoms. The summed E-state index contributed by atoms with van der Waals surface area (Å²) < 4.78 is 10.2. The van der Waals surface area contributed by atoms with Crippen LogP contribution in [0.15, 0.2) is 68.8 Å². The molecule has 3 aromatic heterocycles. The van der Waals surface area contributed by atoms with Crippen LogP contribution in [0.3, 0.4) is 0 Å². The van der Waals surface area contributed by atoms with E-state index in [1.165, 1.54) is 29.9 Å². The molecule has 0 aromatic carbocycles. The molecule has 0 radical (unpaired) electrons. The molecule has 0 fully saturated rings. The quantitative estimate of drug-likeness (QED) is 0.675. The van der Waals surface area contributed by atoms with Gasteiger partial charge in [0.1, 0.15) is 11.5 Å². The van der Waals surface area contributed by atoms with Crippen molar-refractivity contribution in [1.82, 2.24) is 10.6 Å². The lowest BCUT2D eigenvalue weighted by atomic mass is 10.3. The minimum absolute atomic E-state index is 0.130. The van der Waals surface area contributed by atoms with Gasteiger partial charge in [0, 0.05) is 4.88 Å². The summed E-state index contributed by atoms with van der Waals surface area (Å²) in [6.45, 7) is 0.226. The van der Waals surface area contributed by atoms with Crippen LogP contribution in [-0.2, 0) is 11.3 Å². The van der Waals surface area contributed by atoms with Crippen LogP contribution in [-0.4, -0.2) is 11.8 Å². The Kier molecular flexibility index (Phi) is 4.93. The van der Waals surface area contributed by atoms with Gasteiger partial charge in [-0.2, -0.15) is 0 Å². The summed E-state index contributed by atoms with van der Waals surface area (Å²) >= 11 is 1.46. The smallest absolute Gasteiger partial charge is 0.291 e. The fourth-order valence-corrected chi connectivity index (χ4v) is 2.60. The number of rotatable bonds is 6. The van der Waals surface area contributed by atoms with Gasteiger partial charge in [-0.05, 0) is 41.8 Å². The van der Waals surface area contributed by atoms with Crippen molar-refractivity contribution >= 4 is 29.2 Å². The van der Waals surface area contributed by atoms with Crippen molar-refractivity contribution in [3.63, 3.8) is 0 Å². The fourth-order valence-electron chi connectivity index (χ4n) is 1.94. The summed E-state index contributed by atoms with van der Waals surface area (Å²) in [6.07, 6.45) is 4.54. The fraction of sp³-hybridized carbons (Fsp3) is 0.0588. The monoisotopic (exact) mass is 342 g/mol. The maximum Gasteiger partial charge on any atom is 0.291 e. The molecule has 0 aliphatic heterocycles. The first-order chi connectivity index (χ1) is 11.7. The summed E-state index contributed by atoms with van der Waals surface area (Å²) in [5.41, 5.74) is 0.130. The topological polar surface area (TPSA) is 84.5 Å². The van der Waals surface area contributed by atoms with Gasteiger partial charge in [0.05, 0.1) is 19.1 Å². The van der Waals surface area contributed by atoms with E-state index in [0.717, 1.165) is 4.88 Å². The third-order valence-electron chi connectivity index (χ3n) is 3.07. The van der Waals surface area contributed by atoms with Crippen molar-refractivity contribution in [3.05, 3.63) is 76.4 Å². The molecule has 0 saturated carbocycles. The Bertz CT molecular complexity index is 818. The molecular formula is C17H14N2O4S. The minimum Gasteiger partial charge on any atom is -0.467 e. The van der Waals surface area contributed by atoms with Crippen molar-refractivity contribution in [3.8, 4) is 0 Å². The lowest BCUT2D eigenvalue weighted by molar-refractivity contribution is -0.118. The van der Waals surface area contributed by atoms with Crippen LogP contribution in [0.4, 0.5) is 0 Å². The highest BCUT2D eigenvalue weighted by atomic mass is 32.1. The molecule has 0 spiro atoms. The molecule has 0 aliphatic rings. The molecule has 2 N–H and O–H groups in total. The largest absolute Gasteiger partial charge is 0.467 e. The SMILES string of the molecule is O=C(NCc1ccco1)/C(=C\c1cccs1)NC(=O)c1ccco1. The van der Waals surface area contributed by atoms with Gasteiger partial charge in [-0.3, -0.25) is 9.59 Å². The van der Waals surface area contributed by atoms with Gasteiger partial charge < -0.3 is 19.5 Å². The van der Waals surface area contributed by atoms with E-state index in [9.17, 15) is 9.59 Å². The third kappa shape index (κ3) is 4.02. The first-order valence-corrected chi connectivity index (χ1v) is 8.01. The highest BCUT2D eigenvalue weighted by molar-refractivity contribution is 7.10. The molecular weight excluding hydrogens is 328 g/mol. The Morgan fingerprint density at radius 3 is 2.58 bits per heavy atom. The zero-order valence-electron chi connectivity index (χ0n) is 12.5. The summed E-state index contributed by atoms with van der Waals surface area (Å²) in [4.78, 5) is 25.4. The number of carbonyl (C=O) groups excluding carboxylic acids is 2. The van der Waals surface area contributed by atoms with E-state index < -0.39 is 11.8 Å². The highest BCUT2D eigenvalue weighted by Gasteiger charge is 2.16. The minimum atomic E-state index is -0.490. The number of amides is 2. The first kappa shape index (κ1) is 15.8. The number of hydrogen-bond donors (Lipinski definition) is 2. The van der Waals surface area contributed by atoms with Crippen molar-refractivity contribution in [2.45, 2.75) is 6.54 Å². The number of nitrogens with one attached hydrogen (secondary N) is 2. The van der Waals surface area contributed by atoms with E-state index in [0.29, 0.717) is 5.76 Å². The summed E-state index contributed by atoms with van der Waals surface area (Å²) in [6, 6.07) is 10.3. The Morgan fingerprint density at radius 2 is 1.92 bits per heavy atom. The molecule has 2 amide bonds. The van der Waals surface area contributed by atoms with E-state index in [4.69, 9.17) is 8.83 Å².